The van der Waals surface area contributed by atoms with Gasteiger partial charge in [-0.15, -0.1) is 0 Å². The maximum absolute atomic E-state index is 12.6. The van der Waals surface area contributed by atoms with Gasteiger partial charge in [-0.3, -0.25) is 9.69 Å². The van der Waals surface area contributed by atoms with E-state index in [1.165, 1.54) is 5.56 Å². The van der Waals surface area contributed by atoms with Crippen LogP contribution in [-0.2, 0) is 17.8 Å². The lowest BCUT2D eigenvalue weighted by atomic mass is 10.1. The first-order chi connectivity index (χ1) is 13.7. The maximum Gasteiger partial charge on any atom is 0.227 e. The molecule has 0 atom stereocenters. The standard InChI is InChI=1S/C23H25N3O2/c1-18-7-5-6-10-20(18)15-23(27)26-13-11-25(12-14-26)17-21-16-22(24-28-21)19-8-3-2-4-9-19/h2-10,16H,11-15,17H2,1H3. The number of rotatable bonds is 5. The summed E-state index contributed by atoms with van der Waals surface area (Å²) in [7, 11) is 0. The minimum atomic E-state index is 0.208. The summed E-state index contributed by atoms with van der Waals surface area (Å²) in [5, 5.41) is 4.18. The number of nitrogens with zero attached hydrogens (tertiary/aromatic N) is 3. The van der Waals surface area contributed by atoms with Crippen molar-refractivity contribution in [2.45, 2.75) is 19.9 Å². The number of amides is 1. The number of aromatic nitrogens is 1. The Hall–Kier alpha value is -2.92. The average Bonchev–Trinajstić information content (AvgIpc) is 3.19. The fourth-order valence-corrected chi connectivity index (χ4v) is 3.59. The van der Waals surface area contributed by atoms with Crippen molar-refractivity contribution in [1.82, 2.24) is 15.0 Å². The molecule has 5 heteroatoms. The quantitative estimate of drug-likeness (QED) is 0.684. The molecule has 1 aromatic heterocycles. The molecule has 0 N–H and O–H groups in total. The molecular weight excluding hydrogens is 350 g/mol. The molecule has 0 unspecified atom stereocenters. The van der Waals surface area contributed by atoms with Gasteiger partial charge in [-0.2, -0.15) is 0 Å². The first-order valence-corrected chi connectivity index (χ1v) is 9.75. The molecule has 1 amide bonds. The summed E-state index contributed by atoms with van der Waals surface area (Å²) in [4.78, 5) is 16.9. The number of piperazine rings is 1. The highest BCUT2D eigenvalue weighted by Gasteiger charge is 2.22. The van der Waals surface area contributed by atoms with Crippen molar-refractivity contribution in [3.63, 3.8) is 0 Å². The molecule has 2 heterocycles. The van der Waals surface area contributed by atoms with Crippen LogP contribution in [0.4, 0.5) is 0 Å². The van der Waals surface area contributed by atoms with E-state index in [4.69, 9.17) is 4.52 Å². The number of hydrogen-bond donors (Lipinski definition) is 0. The van der Waals surface area contributed by atoms with Crippen molar-refractivity contribution in [2.24, 2.45) is 0 Å². The highest BCUT2D eigenvalue weighted by atomic mass is 16.5. The van der Waals surface area contributed by atoms with E-state index < -0.39 is 0 Å². The zero-order valence-corrected chi connectivity index (χ0v) is 16.2. The minimum Gasteiger partial charge on any atom is -0.359 e. The summed E-state index contributed by atoms with van der Waals surface area (Å²) in [6, 6.07) is 20.1. The summed E-state index contributed by atoms with van der Waals surface area (Å²) in [5.74, 6) is 1.07. The van der Waals surface area contributed by atoms with Gasteiger partial charge in [0, 0.05) is 37.8 Å². The van der Waals surface area contributed by atoms with E-state index in [2.05, 4.69) is 23.0 Å². The second kappa shape index (κ2) is 8.40. The first kappa shape index (κ1) is 18.4. The molecular formula is C23H25N3O2. The predicted octanol–water partition coefficient (Wildman–Crippen LogP) is 3.54. The lowest BCUT2D eigenvalue weighted by Gasteiger charge is -2.34. The fourth-order valence-electron chi connectivity index (χ4n) is 3.59. The molecule has 0 spiro atoms. The van der Waals surface area contributed by atoms with Crippen LogP contribution in [0.15, 0.2) is 65.2 Å². The summed E-state index contributed by atoms with van der Waals surface area (Å²) in [6.45, 7) is 5.98. The van der Waals surface area contributed by atoms with Gasteiger partial charge in [-0.25, -0.2) is 0 Å². The van der Waals surface area contributed by atoms with E-state index in [1.807, 2.05) is 59.5 Å². The molecule has 0 saturated carbocycles. The van der Waals surface area contributed by atoms with Crippen LogP contribution in [0.2, 0.25) is 0 Å². The van der Waals surface area contributed by atoms with Gasteiger partial charge >= 0.3 is 0 Å². The molecule has 3 aromatic rings. The Labute approximate surface area is 165 Å². The minimum absolute atomic E-state index is 0.208. The van der Waals surface area contributed by atoms with Crippen LogP contribution in [0.3, 0.4) is 0 Å². The Bertz CT molecular complexity index is 928. The Morgan fingerprint density at radius 2 is 1.71 bits per heavy atom. The summed E-state index contributed by atoms with van der Waals surface area (Å²) >= 11 is 0. The van der Waals surface area contributed by atoms with Gasteiger partial charge < -0.3 is 9.42 Å². The molecule has 0 radical (unpaired) electrons. The van der Waals surface area contributed by atoms with Crippen LogP contribution in [0.25, 0.3) is 11.3 Å². The SMILES string of the molecule is Cc1ccccc1CC(=O)N1CCN(Cc2cc(-c3ccccc3)no2)CC1. The monoisotopic (exact) mass is 375 g/mol. The Kier molecular flexibility index (Phi) is 5.53. The molecule has 28 heavy (non-hydrogen) atoms. The number of benzene rings is 2. The fraction of sp³-hybridized carbons (Fsp3) is 0.304. The topological polar surface area (TPSA) is 49.6 Å². The number of carbonyl (C=O) groups is 1. The lowest BCUT2D eigenvalue weighted by Crippen LogP contribution is -2.48. The number of aryl methyl sites for hydroxylation is 1. The first-order valence-electron chi connectivity index (χ1n) is 9.75. The van der Waals surface area contributed by atoms with Crippen molar-refractivity contribution in [3.8, 4) is 11.3 Å². The second-order valence-electron chi connectivity index (χ2n) is 7.30. The average molecular weight is 375 g/mol. The van der Waals surface area contributed by atoms with Crippen LogP contribution in [0.1, 0.15) is 16.9 Å². The number of carbonyl (C=O) groups excluding carboxylic acids is 1. The van der Waals surface area contributed by atoms with Gasteiger partial charge in [0.1, 0.15) is 5.69 Å². The molecule has 1 aliphatic heterocycles. The molecule has 1 fully saturated rings. The lowest BCUT2D eigenvalue weighted by molar-refractivity contribution is -0.132. The van der Waals surface area contributed by atoms with Crippen LogP contribution in [0, 0.1) is 6.92 Å². The summed E-state index contributed by atoms with van der Waals surface area (Å²) in [6.07, 6.45) is 0.481. The van der Waals surface area contributed by atoms with E-state index in [1.54, 1.807) is 0 Å². The Morgan fingerprint density at radius 1 is 1.00 bits per heavy atom. The molecule has 1 aliphatic rings. The normalized spacial score (nSPS) is 15.0. The largest absolute Gasteiger partial charge is 0.359 e. The molecule has 5 nitrogen and oxygen atoms in total. The zero-order chi connectivity index (χ0) is 19.3. The van der Waals surface area contributed by atoms with Crippen LogP contribution in [0.5, 0.6) is 0 Å². The van der Waals surface area contributed by atoms with Crippen molar-refractivity contribution in [2.75, 3.05) is 26.2 Å². The molecule has 0 aliphatic carbocycles. The van der Waals surface area contributed by atoms with Gasteiger partial charge in [0.15, 0.2) is 5.76 Å². The van der Waals surface area contributed by atoms with E-state index in [0.717, 1.165) is 55.3 Å². The van der Waals surface area contributed by atoms with Crippen molar-refractivity contribution in [1.29, 1.82) is 0 Å². The van der Waals surface area contributed by atoms with Crippen molar-refractivity contribution >= 4 is 5.91 Å². The predicted molar refractivity (Wildman–Crippen MR) is 109 cm³/mol. The van der Waals surface area contributed by atoms with Gasteiger partial charge in [-0.05, 0) is 18.1 Å². The van der Waals surface area contributed by atoms with Crippen molar-refractivity contribution < 1.29 is 9.32 Å². The smallest absolute Gasteiger partial charge is 0.227 e. The Balaban J connectivity index is 1.29. The summed E-state index contributed by atoms with van der Waals surface area (Å²) < 4.78 is 5.52. The van der Waals surface area contributed by atoms with E-state index in [-0.39, 0.29) is 5.91 Å². The highest BCUT2D eigenvalue weighted by molar-refractivity contribution is 5.79. The Morgan fingerprint density at radius 3 is 2.46 bits per heavy atom. The van der Waals surface area contributed by atoms with Crippen LogP contribution < -0.4 is 0 Å². The zero-order valence-electron chi connectivity index (χ0n) is 16.2. The van der Waals surface area contributed by atoms with E-state index in [0.29, 0.717) is 6.42 Å². The van der Waals surface area contributed by atoms with Crippen LogP contribution in [-0.4, -0.2) is 47.0 Å². The van der Waals surface area contributed by atoms with E-state index >= 15 is 0 Å². The highest BCUT2D eigenvalue weighted by Crippen LogP contribution is 2.20. The van der Waals surface area contributed by atoms with E-state index in [9.17, 15) is 4.79 Å². The van der Waals surface area contributed by atoms with Crippen molar-refractivity contribution in [3.05, 3.63) is 77.6 Å². The third-order valence-electron chi connectivity index (χ3n) is 5.34. The van der Waals surface area contributed by atoms with Gasteiger partial charge in [0.05, 0.1) is 13.0 Å². The van der Waals surface area contributed by atoms with Gasteiger partial charge in [0.2, 0.25) is 5.91 Å². The van der Waals surface area contributed by atoms with Gasteiger partial charge in [0.25, 0.3) is 0 Å². The van der Waals surface area contributed by atoms with Crippen LogP contribution >= 0.6 is 0 Å². The third-order valence-corrected chi connectivity index (χ3v) is 5.34. The maximum atomic E-state index is 12.6. The second-order valence-corrected chi connectivity index (χ2v) is 7.30. The third kappa shape index (κ3) is 4.31. The van der Waals surface area contributed by atoms with Gasteiger partial charge in [-0.1, -0.05) is 59.8 Å². The molecule has 4 rings (SSSR count). The summed E-state index contributed by atoms with van der Waals surface area (Å²) in [5.41, 5.74) is 4.21. The molecule has 2 aromatic carbocycles. The molecule has 144 valence electrons. The molecule has 1 saturated heterocycles. The molecule has 0 bridgehead atoms. The number of hydrogen-bond acceptors (Lipinski definition) is 4.